The number of hydrogen-bond acceptors (Lipinski definition) is 7. The van der Waals surface area contributed by atoms with Crippen LogP contribution in [0.5, 0.6) is 0 Å². The first-order valence-corrected chi connectivity index (χ1v) is 13.5. The van der Waals surface area contributed by atoms with Gasteiger partial charge < -0.3 is 5.11 Å². The lowest BCUT2D eigenvalue weighted by atomic mass is 9.96. The van der Waals surface area contributed by atoms with Gasteiger partial charge in [-0.3, -0.25) is 14.5 Å². The molecule has 1 unspecified atom stereocenters. The Morgan fingerprint density at radius 3 is 2.38 bits per heavy atom. The number of aliphatic hydroxyl groups excluding tert-OH is 1. The summed E-state index contributed by atoms with van der Waals surface area (Å²) < 4.78 is 0.671. The van der Waals surface area contributed by atoms with Gasteiger partial charge >= 0.3 is 0 Å². The highest BCUT2D eigenvalue weighted by Gasteiger charge is 2.45. The van der Waals surface area contributed by atoms with E-state index in [1.54, 1.807) is 30.3 Å². The van der Waals surface area contributed by atoms with E-state index in [2.05, 4.69) is 10.2 Å². The van der Waals surface area contributed by atoms with E-state index in [0.29, 0.717) is 25.8 Å². The summed E-state index contributed by atoms with van der Waals surface area (Å²) in [6, 6.07) is 25.2. The van der Waals surface area contributed by atoms with E-state index >= 15 is 0 Å². The van der Waals surface area contributed by atoms with Gasteiger partial charge in [0, 0.05) is 10.8 Å². The van der Waals surface area contributed by atoms with E-state index in [1.165, 1.54) is 34.1 Å². The molecule has 1 amide bonds. The fourth-order valence-electron chi connectivity index (χ4n) is 3.92. The summed E-state index contributed by atoms with van der Waals surface area (Å²) in [4.78, 5) is 27.9. The van der Waals surface area contributed by atoms with Crippen LogP contribution >= 0.6 is 34.7 Å². The number of carbonyl (C=O) groups is 2. The van der Waals surface area contributed by atoms with Gasteiger partial charge in [-0.25, -0.2) is 0 Å². The van der Waals surface area contributed by atoms with Crippen LogP contribution in [0.3, 0.4) is 0 Å². The molecule has 5 rings (SSSR count). The first-order valence-electron chi connectivity index (χ1n) is 11.3. The number of nitrogens with zero attached hydrogens (tertiary/aromatic N) is 3. The van der Waals surface area contributed by atoms with Crippen molar-refractivity contribution in [3.05, 3.63) is 124 Å². The first kappa shape index (κ1) is 25.0. The van der Waals surface area contributed by atoms with Gasteiger partial charge in [0.2, 0.25) is 5.13 Å². The molecule has 4 aromatic rings. The van der Waals surface area contributed by atoms with Crippen LogP contribution in [0.4, 0.5) is 5.13 Å². The van der Waals surface area contributed by atoms with Crippen LogP contribution in [0.25, 0.3) is 6.08 Å². The maximum Gasteiger partial charge on any atom is 0.296 e. The highest BCUT2D eigenvalue weighted by molar-refractivity contribution is 8.00. The lowest BCUT2D eigenvalue weighted by molar-refractivity contribution is -0.117. The van der Waals surface area contributed by atoms with Gasteiger partial charge in [0.05, 0.1) is 11.6 Å². The first-order chi connectivity index (χ1) is 18.0. The van der Waals surface area contributed by atoms with Crippen molar-refractivity contribution in [3.8, 4) is 0 Å². The Bertz CT molecular complexity index is 1490. The summed E-state index contributed by atoms with van der Waals surface area (Å²) in [5, 5.41) is 20.1. The third-order valence-electron chi connectivity index (χ3n) is 5.69. The van der Waals surface area contributed by atoms with E-state index in [1.807, 2.05) is 60.7 Å². The van der Waals surface area contributed by atoms with E-state index in [-0.39, 0.29) is 5.57 Å². The molecule has 1 aliphatic heterocycles. The Hall–Kier alpha value is -3.72. The zero-order chi connectivity index (χ0) is 25.8. The molecule has 0 saturated carbocycles. The summed E-state index contributed by atoms with van der Waals surface area (Å²) >= 11 is 8.83. The zero-order valence-corrected chi connectivity index (χ0v) is 21.7. The molecule has 0 fully saturated rings. The molecule has 37 heavy (non-hydrogen) atoms. The van der Waals surface area contributed by atoms with Gasteiger partial charge in [0.1, 0.15) is 0 Å². The molecule has 0 radical (unpaired) electrons. The lowest BCUT2D eigenvalue weighted by Gasteiger charge is -2.23. The summed E-state index contributed by atoms with van der Waals surface area (Å²) in [5.41, 5.74) is 2.56. The number of hydrogen-bond donors (Lipinski definition) is 1. The highest BCUT2D eigenvalue weighted by atomic mass is 35.5. The number of anilines is 1. The van der Waals surface area contributed by atoms with Crippen molar-refractivity contribution < 1.29 is 14.7 Å². The molecule has 1 N–H and O–H groups in total. The third kappa shape index (κ3) is 5.51. The summed E-state index contributed by atoms with van der Waals surface area (Å²) in [5.74, 6) is -1.08. The summed E-state index contributed by atoms with van der Waals surface area (Å²) in [6.07, 6.45) is 3.01. The zero-order valence-electron chi connectivity index (χ0n) is 19.3. The van der Waals surface area contributed by atoms with Crippen LogP contribution in [0.1, 0.15) is 22.7 Å². The largest absolute Gasteiger partial charge is 0.503 e. The van der Waals surface area contributed by atoms with Crippen molar-refractivity contribution in [1.29, 1.82) is 0 Å². The van der Waals surface area contributed by atoms with Crippen LogP contribution in [0.15, 0.2) is 107 Å². The second-order valence-electron chi connectivity index (χ2n) is 8.12. The quantitative estimate of drug-likeness (QED) is 0.151. The molecule has 0 bridgehead atoms. The van der Waals surface area contributed by atoms with Crippen LogP contribution in [0.2, 0.25) is 5.02 Å². The molecule has 3 aromatic carbocycles. The number of carbonyl (C=O) groups excluding carboxylic acids is 2. The van der Waals surface area contributed by atoms with E-state index in [4.69, 9.17) is 11.6 Å². The number of rotatable bonds is 8. The topological polar surface area (TPSA) is 83.4 Å². The van der Waals surface area contributed by atoms with Crippen molar-refractivity contribution in [1.82, 2.24) is 10.2 Å². The Morgan fingerprint density at radius 2 is 1.68 bits per heavy atom. The molecular formula is C28H20ClN3O3S2. The molecule has 0 aliphatic carbocycles. The average Bonchev–Trinajstić information content (AvgIpc) is 3.50. The Balaban J connectivity index is 1.46. The fraction of sp³-hybridized carbons (Fsp3) is 0.0714. The normalized spacial score (nSPS) is 15.6. The molecule has 0 spiro atoms. The molecular weight excluding hydrogens is 526 g/mol. The predicted octanol–water partition coefficient (Wildman–Crippen LogP) is 6.67. The minimum atomic E-state index is -0.877. The van der Waals surface area contributed by atoms with Crippen molar-refractivity contribution in [2.45, 2.75) is 16.1 Å². The molecule has 0 saturated heterocycles. The van der Waals surface area contributed by atoms with Gasteiger partial charge in [0.25, 0.3) is 5.91 Å². The molecule has 6 nitrogen and oxygen atoms in total. The Morgan fingerprint density at radius 1 is 1.00 bits per heavy atom. The maximum atomic E-state index is 13.3. The van der Waals surface area contributed by atoms with Crippen molar-refractivity contribution in [3.63, 3.8) is 0 Å². The van der Waals surface area contributed by atoms with Crippen molar-refractivity contribution >= 4 is 57.6 Å². The minimum Gasteiger partial charge on any atom is -0.503 e. The van der Waals surface area contributed by atoms with Crippen molar-refractivity contribution in [2.75, 3.05) is 4.90 Å². The van der Waals surface area contributed by atoms with Crippen LogP contribution in [0, 0.1) is 0 Å². The molecule has 1 aliphatic rings. The monoisotopic (exact) mass is 545 g/mol. The van der Waals surface area contributed by atoms with Crippen LogP contribution < -0.4 is 4.90 Å². The number of benzene rings is 3. The number of halogens is 1. The maximum absolute atomic E-state index is 13.3. The van der Waals surface area contributed by atoms with E-state index in [9.17, 15) is 14.7 Å². The standard InChI is InChI=1S/C28H20ClN3O3S2/c29-21-14-12-20(13-15-21)24-23(22(33)16-11-18-7-3-1-4-8-18)25(34)26(35)32(24)27-30-31-28(37-27)36-17-19-9-5-2-6-10-19/h1-16,24,34H,17H2/b16-11+. The molecule has 9 heteroatoms. The van der Waals surface area contributed by atoms with Gasteiger partial charge in [0.15, 0.2) is 15.9 Å². The number of amides is 1. The number of aliphatic hydroxyl groups is 1. The van der Waals surface area contributed by atoms with Gasteiger partial charge in [-0.05, 0) is 34.9 Å². The minimum absolute atomic E-state index is 0.0202. The van der Waals surface area contributed by atoms with Gasteiger partial charge in [-0.2, -0.15) is 0 Å². The number of thioether (sulfide) groups is 1. The summed E-state index contributed by atoms with van der Waals surface area (Å²) in [7, 11) is 0. The fourth-order valence-corrected chi connectivity index (χ4v) is 5.87. The number of ketones is 1. The number of allylic oxidation sites excluding steroid dienone is 1. The second kappa shape index (κ2) is 11.1. The van der Waals surface area contributed by atoms with Crippen molar-refractivity contribution in [2.24, 2.45) is 0 Å². The van der Waals surface area contributed by atoms with Crippen LogP contribution in [-0.2, 0) is 15.3 Å². The third-order valence-corrected chi connectivity index (χ3v) is 8.07. The average molecular weight is 546 g/mol. The summed E-state index contributed by atoms with van der Waals surface area (Å²) in [6.45, 7) is 0. The van der Waals surface area contributed by atoms with E-state index < -0.39 is 23.5 Å². The Kier molecular flexibility index (Phi) is 7.50. The number of aromatic nitrogens is 2. The molecule has 184 valence electrons. The molecule has 2 heterocycles. The van der Waals surface area contributed by atoms with Crippen LogP contribution in [-0.4, -0.2) is 27.0 Å². The second-order valence-corrected chi connectivity index (χ2v) is 10.7. The smallest absolute Gasteiger partial charge is 0.296 e. The Labute approximate surface area is 226 Å². The molecule has 1 aromatic heterocycles. The predicted molar refractivity (Wildman–Crippen MR) is 148 cm³/mol. The molecule has 1 atom stereocenters. The van der Waals surface area contributed by atoms with E-state index in [0.717, 1.165) is 11.1 Å². The van der Waals surface area contributed by atoms with Gasteiger partial charge in [-0.15, -0.1) is 10.2 Å². The highest BCUT2D eigenvalue weighted by Crippen LogP contribution is 2.43. The lowest BCUT2D eigenvalue weighted by Crippen LogP contribution is -2.30. The SMILES string of the molecule is O=C(/C=C/c1ccccc1)C1=C(O)C(=O)N(c2nnc(SCc3ccccc3)s2)C1c1ccc(Cl)cc1. The van der Waals surface area contributed by atoms with Gasteiger partial charge in [-0.1, -0.05) is 114 Å².